The summed E-state index contributed by atoms with van der Waals surface area (Å²) in [5.41, 5.74) is 0. The van der Waals surface area contributed by atoms with Crippen LogP contribution >= 0.6 is 0 Å². The molecule has 3 unspecified atom stereocenters. The normalized spacial score (nSPS) is 29.8. The average Bonchev–Trinajstić information content (AvgIpc) is 2.64. The maximum absolute atomic E-state index is 10.2. The molecule has 1 fully saturated rings. The highest BCUT2D eigenvalue weighted by molar-refractivity contribution is 4.84. The van der Waals surface area contributed by atoms with Crippen molar-refractivity contribution >= 4 is 0 Å². The SMILES string of the molecule is CCCCCCC1CCC(CCCC)C1O. The van der Waals surface area contributed by atoms with E-state index in [0.717, 1.165) is 0 Å². The van der Waals surface area contributed by atoms with E-state index in [2.05, 4.69) is 13.8 Å². The van der Waals surface area contributed by atoms with E-state index in [1.165, 1.54) is 64.2 Å². The van der Waals surface area contributed by atoms with Crippen LogP contribution < -0.4 is 0 Å². The van der Waals surface area contributed by atoms with E-state index in [1.54, 1.807) is 0 Å². The van der Waals surface area contributed by atoms with E-state index in [9.17, 15) is 5.11 Å². The predicted octanol–water partition coefficient (Wildman–Crippen LogP) is 4.53. The van der Waals surface area contributed by atoms with Crippen LogP contribution in [-0.4, -0.2) is 11.2 Å². The van der Waals surface area contributed by atoms with Crippen LogP contribution in [0.4, 0.5) is 0 Å². The van der Waals surface area contributed by atoms with Gasteiger partial charge in [0, 0.05) is 0 Å². The van der Waals surface area contributed by atoms with Crippen LogP contribution in [0.3, 0.4) is 0 Å². The highest BCUT2D eigenvalue weighted by atomic mass is 16.3. The molecule has 0 radical (unpaired) electrons. The van der Waals surface area contributed by atoms with Gasteiger partial charge in [0.1, 0.15) is 0 Å². The molecule has 0 amide bonds. The van der Waals surface area contributed by atoms with Gasteiger partial charge in [0.05, 0.1) is 6.10 Å². The van der Waals surface area contributed by atoms with Crippen LogP contribution in [0.15, 0.2) is 0 Å². The van der Waals surface area contributed by atoms with Crippen molar-refractivity contribution in [1.82, 2.24) is 0 Å². The van der Waals surface area contributed by atoms with Gasteiger partial charge in [0.25, 0.3) is 0 Å². The monoisotopic (exact) mass is 226 g/mol. The third-order valence-electron chi connectivity index (χ3n) is 4.23. The summed E-state index contributed by atoms with van der Waals surface area (Å²) in [6.45, 7) is 4.49. The van der Waals surface area contributed by atoms with E-state index in [-0.39, 0.29) is 6.10 Å². The molecule has 1 saturated carbocycles. The lowest BCUT2D eigenvalue weighted by molar-refractivity contribution is 0.0817. The zero-order chi connectivity index (χ0) is 11.8. The second-order valence-corrected chi connectivity index (χ2v) is 5.58. The molecule has 0 spiro atoms. The third-order valence-corrected chi connectivity index (χ3v) is 4.23. The lowest BCUT2D eigenvalue weighted by Crippen LogP contribution is -2.21. The molecule has 0 heterocycles. The molecule has 1 nitrogen and oxygen atoms in total. The Morgan fingerprint density at radius 2 is 1.38 bits per heavy atom. The summed E-state index contributed by atoms with van der Waals surface area (Å²) in [5, 5.41) is 10.2. The number of unbranched alkanes of at least 4 members (excludes halogenated alkanes) is 4. The van der Waals surface area contributed by atoms with Gasteiger partial charge in [-0.15, -0.1) is 0 Å². The minimum Gasteiger partial charge on any atom is -0.393 e. The van der Waals surface area contributed by atoms with Gasteiger partial charge in [-0.2, -0.15) is 0 Å². The van der Waals surface area contributed by atoms with Gasteiger partial charge < -0.3 is 5.11 Å². The van der Waals surface area contributed by atoms with Crippen LogP contribution in [0.25, 0.3) is 0 Å². The molecule has 1 aliphatic carbocycles. The van der Waals surface area contributed by atoms with Crippen LogP contribution in [0.1, 0.15) is 78.1 Å². The molecule has 0 aromatic rings. The van der Waals surface area contributed by atoms with Crippen LogP contribution in [0.2, 0.25) is 0 Å². The second-order valence-electron chi connectivity index (χ2n) is 5.58. The standard InChI is InChI=1S/C15H30O/c1-3-5-7-8-10-14-12-11-13(15(14)16)9-6-4-2/h13-16H,3-12H2,1-2H3. The summed E-state index contributed by atoms with van der Waals surface area (Å²) in [4.78, 5) is 0. The number of aliphatic hydroxyl groups is 1. The van der Waals surface area contributed by atoms with Gasteiger partial charge in [-0.25, -0.2) is 0 Å². The lowest BCUT2D eigenvalue weighted by atomic mass is 9.92. The molecule has 0 aromatic carbocycles. The summed E-state index contributed by atoms with van der Waals surface area (Å²) in [6.07, 6.45) is 13.0. The van der Waals surface area contributed by atoms with Crippen molar-refractivity contribution in [2.45, 2.75) is 84.2 Å². The van der Waals surface area contributed by atoms with Gasteiger partial charge >= 0.3 is 0 Å². The fourth-order valence-corrected chi connectivity index (χ4v) is 3.08. The van der Waals surface area contributed by atoms with Crippen molar-refractivity contribution < 1.29 is 5.11 Å². The molecule has 16 heavy (non-hydrogen) atoms. The van der Waals surface area contributed by atoms with E-state index in [0.29, 0.717) is 11.8 Å². The van der Waals surface area contributed by atoms with Crippen molar-refractivity contribution in [3.63, 3.8) is 0 Å². The molecule has 0 saturated heterocycles. The molecule has 1 aliphatic rings. The summed E-state index contributed by atoms with van der Waals surface area (Å²) in [7, 11) is 0. The Bertz CT molecular complexity index is 167. The van der Waals surface area contributed by atoms with E-state index in [1.807, 2.05) is 0 Å². The highest BCUT2D eigenvalue weighted by Gasteiger charge is 2.33. The molecule has 1 heteroatoms. The zero-order valence-corrected chi connectivity index (χ0v) is 11.3. The molecule has 1 rings (SSSR count). The topological polar surface area (TPSA) is 20.2 Å². The minimum atomic E-state index is 0.0215. The predicted molar refractivity (Wildman–Crippen MR) is 70.5 cm³/mol. The molecule has 0 aliphatic heterocycles. The van der Waals surface area contributed by atoms with Crippen molar-refractivity contribution in [3.8, 4) is 0 Å². The summed E-state index contributed by atoms with van der Waals surface area (Å²) < 4.78 is 0. The van der Waals surface area contributed by atoms with Crippen LogP contribution in [0.5, 0.6) is 0 Å². The van der Waals surface area contributed by atoms with Crippen LogP contribution in [-0.2, 0) is 0 Å². The smallest absolute Gasteiger partial charge is 0.0596 e. The van der Waals surface area contributed by atoms with E-state index < -0.39 is 0 Å². The van der Waals surface area contributed by atoms with Gasteiger partial charge in [-0.05, 0) is 37.5 Å². The van der Waals surface area contributed by atoms with Crippen molar-refractivity contribution in [3.05, 3.63) is 0 Å². The van der Waals surface area contributed by atoms with Gasteiger partial charge in [-0.1, -0.05) is 52.4 Å². The molecular formula is C15H30O. The maximum Gasteiger partial charge on any atom is 0.0596 e. The largest absolute Gasteiger partial charge is 0.393 e. The average molecular weight is 226 g/mol. The van der Waals surface area contributed by atoms with Gasteiger partial charge in [0.15, 0.2) is 0 Å². The Labute approximate surface area is 102 Å². The summed E-state index contributed by atoms with van der Waals surface area (Å²) in [6, 6.07) is 0. The van der Waals surface area contributed by atoms with Crippen molar-refractivity contribution in [2.24, 2.45) is 11.8 Å². The first-order chi connectivity index (χ1) is 7.79. The maximum atomic E-state index is 10.2. The minimum absolute atomic E-state index is 0.0215. The molecule has 3 atom stereocenters. The Morgan fingerprint density at radius 3 is 1.94 bits per heavy atom. The second kappa shape index (κ2) is 8.11. The Balaban J connectivity index is 2.14. The first kappa shape index (κ1) is 14.0. The number of hydrogen-bond acceptors (Lipinski definition) is 1. The number of aliphatic hydroxyl groups excluding tert-OH is 1. The summed E-state index contributed by atoms with van der Waals surface area (Å²) >= 11 is 0. The zero-order valence-electron chi connectivity index (χ0n) is 11.3. The Morgan fingerprint density at radius 1 is 0.812 bits per heavy atom. The van der Waals surface area contributed by atoms with Gasteiger partial charge in [0.2, 0.25) is 0 Å². The molecule has 0 bridgehead atoms. The van der Waals surface area contributed by atoms with Crippen LogP contribution in [0, 0.1) is 11.8 Å². The summed E-state index contributed by atoms with van der Waals surface area (Å²) in [5.74, 6) is 1.25. The Kier molecular flexibility index (Phi) is 7.11. The first-order valence-electron chi connectivity index (χ1n) is 7.47. The molecular weight excluding hydrogens is 196 g/mol. The molecule has 1 N–H and O–H groups in total. The Hall–Kier alpha value is -0.0400. The lowest BCUT2D eigenvalue weighted by Gasteiger charge is -2.19. The quantitative estimate of drug-likeness (QED) is 0.603. The number of hydrogen-bond donors (Lipinski definition) is 1. The first-order valence-corrected chi connectivity index (χ1v) is 7.47. The third kappa shape index (κ3) is 4.45. The number of rotatable bonds is 8. The van der Waals surface area contributed by atoms with E-state index in [4.69, 9.17) is 0 Å². The fraction of sp³-hybridized carbons (Fsp3) is 1.00. The highest BCUT2D eigenvalue weighted by Crippen LogP contribution is 2.37. The molecule has 96 valence electrons. The van der Waals surface area contributed by atoms with Gasteiger partial charge in [-0.3, -0.25) is 0 Å². The van der Waals surface area contributed by atoms with E-state index >= 15 is 0 Å². The molecule has 0 aromatic heterocycles. The fourth-order valence-electron chi connectivity index (χ4n) is 3.08. The van der Waals surface area contributed by atoms with Crippen molar-refractivity contribution in [2.75, 3.05) is 0 Å². The van der Waals surface area contributed by atoms with Crippen molar-refractivity contribution in [1.29, 1.82) is 0 Å².